The molecule has 12 nitrogen and oxygen atoms in total. The van der Waals surface area contributed by atoms with Crippen molar-refractivity contribution in [3.8, 4) is 5.75 Å². The lowest BCUT2D eigenvalue weighted by molar-refractivity contribution is -0.138. The van der Waals surface area contributed by atoms with E-state index in [0.29, 0.717) is 24.1 Å². The van der Waals surface area contributed by atoms with Crippen LogP contribution >= 0.6 is 0 Å². The first-order valence-corrected chi connectivity index (χ1v) is 19.0. The molecule has 5 rings (SSSR count). The lowest BCUT2D eigenvalue weighted by Crippen LogP contribution is -2.67. The summed E-state index contributed by atoms with van der Waals surface area (Å²) in [6.07, 6.45) is -4.65. The van der Waals surface area contributed by atoms with Crippen LogP contribution in [0.15, 0.2) is 60.7 Å². The van der Waals surface area contributed by atoms with Gasteiger partial charge in [0.1, 0.15) is 29.2 Å². The van der Waals surface area contributed by atoms with E-state index in [-0.39, 0.29) is 59.2 Å². The van der Waals surface area contributed by atoms with E-state index < -0.39 is 76.6 Å². The molecule has 0 aliphatic heterocycles. The lowest BCUT2D eigenvalue weighted by atomic mass is 9.78. The van der Waals surface area contributed by atoms with Gasteiger partial charge in [0.25, 0.3) is 0 Å². The average Bonchev–Trinajstić information content (AvgIpc) is 3.56. The van der Waals surface area contributed by atoms with E-state index >= 15 is 0 Å². The van der Waals surface area contributed by atoms with E-state index in [1.807, 2.05) is 0 Å². The van der Waals surface area contributed by atoms with Crippen molar-refractivity contribution in [1.82, 2.24) is 20.9 Å². The topological polar surface area (TPSA) is 179 Å². The predicted molar refractivity (Wildman–Crippen MR) is 208 cm³/mol. The minimum absolute atomic E-state index is 0.0245. The number of carboxylic acids is 1. The Morgan fingerprint density at radius 3 is 2.21 bits per heavy atom. The second kappa shape index (κ2) is 17.7. The van der Waals surface area contributed by atoms with Gasteiger partial charge < -0.3 is 36.1 Å². The van der Waals surface area contributed by atoms with Crippen LogP contribution < -0.4 is 26.0 Å². The second-order valence-electron chi connectivity index (χ2n) is 14.8. The summed E-state index contributed by atoms with van der Waals surface area (Å²) in [5.41, 5.74) is -2.35. The fourth-order valence-electron chi connectivity index (χ4n) is 7.25. The molecule has 1 aromatic heterocycles. The number of hydrogen-bond acceptors (Lipinski definition) is 6. The number of carbonyl (C=O) groups excluding carboxylic acids is 4. The normalized spacial score (nSPS) is 17.3. The third-order valence-corrected chi connectivity index (χ3v) is 11.0. The van der Waals surface area contributed by atoms with Gasteiger partial charge in [-0.15, -0.1) is 0 Å². The Labute approximate surface area is 332 Å². The zero-order valence-corrected chi connectivity index (χ0v) is 32.7. The summed E-state index contributed by atoms with van der Waals surface area (Å²) in [5, 5.41) is 21.0. The number of benzene rings is 3. The van der Waals surface area contributed by atoms with E-state index in [1.165, 1.54) is 55.6 Å². The van der Waals surface area contributed by atoms with Crippen molar-refractivity contribution in [1.29, 1.82) is 0 Å². The van der Waals surface area contributed by atoms with Crippen molar-refractivity contribution >= 4 is 46.2 Å². The number of rotatable bonds is 15. The number of alkyl halides is 3. The maximum absolute atomic E-state index is 14.8. The van der Waals surface area contributed by atoms with Gasteiger partial charge in [-0.3, -0.25) is 19.2 Å². The summed E-state index contributed by atoms with van der Waals surface area (Å²) >= 11 is 0. The van der Waals surface area contributed by atoms with E-state index in [4.69, 9.17) is 4.74 Å². The number of amides is 4. The number of aromatic carboxylic acids is 1. The van der Waals surface area contributed by atoms with Gasteiger partial charge in [0.15, 0.2) is 0 Å². The Kier molecular flexibility index (Phi) is 13.2. The molecule has 1 aliphatic carbocycles. The number of ether oxygens (including phenoxy) is 1. The van der Waals surface area contributed by atoms with Crippen LogP contribution in [0.2, 0.25) is 0 Å². The highest BCUT2D eigenvalue weighted by Crippen LogP contribution is 2.40. The summed E-state index contributed by atoms with van der Waals surface area (Å²) in [5.74, 6) is -5.73. The monoisotopic (exact) mass is 809 g/mol. The third-order valence-electron chi connectivity index (χ3n) is 11.0. The van der Waals surface area contributed by atoms with Crippen molar-refractivity contribution in [2.24, 2.45) is 11.8 Å². The number of methoxy groups -OCH3 is 1. The maximum atomic E-state index is 14.8. The molecule has 6 N–H and O–H groups in total. The van der Waals surface area contributed by atoms with Crippen molar-refractivity contribution < 1.29 is 51.4 Å². The molecule has 0 saturated carbocycles. The fraction of sp³-hybridized carbons (Fsp3) is 0.405. The number of hydrogen-bond donors (Lipinski definition) is 6. The van der Waals surface area contributed by atoms with E-state index in [9.17, 15) is 46.6 Å². The third kappa shape index (κ3) is 9.27. The molecule has 5 atom stereocenters. The summed E-state index contributed by atoms with van der Waals surface area (Å²) < 4.78 is 61.9. The van der Waals surface area contributed by atoms with Crippen LogP contribution in [0.5, 0.6) is 5.75 Å². The molecule has 16 heteroatoms. The molecule has 3 aromatic carbocycles. The Hall–Kier alpha value is -5.93. The first-order chi connectivity index (χ1) is 27.4. The Morgan fingerprint density at radius 1 is 0.914 bits per heavy atom. The minimum Gasteiger partial charge on any atom is -0.497 e. The van der Waals surface area contributed by atoms with Crippen LogP contribution in [0.25, 0.3) is 10.9 Å². The number of aromatic amines is 1. The van der Waals surface area contributed by atoms with E-state index in [2.05, 4.69) is 26.3 Å². The lowest BCUT2D eigenvalue weighted by Gasteiger charge is -2.39. The maximum Gasteiger partial charge on any atom is 0.418 e. The number of carboxylic acid groups (broad SMARTS) is 1. The minimum atomic E-state index is -4.69. The van der Waals surface area contributed by atoms with Crippen LogP contribution in [-0.4, -0.2) is 64.4 Å². The molecule has 4 amide bonds. The first-order valence-electron chi connectivity index (χ1n) is 19.0. The fourth-order valence-corrected chi connectivity index (χ4v) is 7.25. The van der Waals surface area contributed by atoms with Gasteiger partial charge in [0.05, 0.1) is 35.9 Å². The van der Waals surface area contributed by atoms with E-state index in [1.54, 1.807) is 33.8 Å². The SMILES string of the molecule is CCC(C)C(NC(=O)Cc1ccccc1F)C(=O)N[C@]1(C(=O)NC(C(=O)Nc2ccc(OC)cc2C(=O)O)C(C)CC)CCc2[nH]c3c(C(F)(F)F)cccc3c2C1. The van der Waals surface area contributed by atoms with Gasteiger partial charge in [-0.05, 0) is 66.1 Å². The van der Waals surface area contributed by atoms with Crippen molar-refractivity contribution in [3.05, 3.63) is 94.4 Å². The summed E-state index contributed by atoms with van der Waals surface area (Å²) in [6.45, 7) is 6.98. The van der Waals surface area contributed by atoms with Crippen molar-refractivity contribution in [2.75, 3.05) is 12.4 Å². The number of anilines is 1. The number of nitrogens with one attached hydrogen (secondary N) is 5. The molecule has 0 spiro atoms. The molecule has 310 valence electrons. The van der Waals surface area contributed by atoms with Crippen LogP contribution in [0.1, 0.15) is 79.7 Å². The summed E-state index contributed by atoms with van der Waals surface area (Å²) in [7, 11) is 1.35. The van der Waals surface area contributed by atoms with Crippen LogP contribution in [0.3, 0.4) is 0 Å². The van der Waals surface area contributed by atoms with Crippen molar-refractivity contribution in [3.63, 3.8) is 0 Å². The number of carbonyl (C=O) groups is 5. The molecule has 4 aromatic rings. The number of para-hydroxylation sites is 1. The largest absolute Gasteiger partial charge is 0.497 e. The smallest absolute Gasteiger partial charge is 0.418 e. The molecule has 0 saturated heterocycles. The number of H-pyrrole nitrogens is 1. The second-order valence-corrected chi connectivity index (χ2v) is 14.8. The van der Waals surface area contributed by atoms with E-state index in [0.717, 1.165) is 6.07 Å². The zero-order valence-electron chi connectivity index (χ0n) is 32.7. The standard InChI is InChI=1S/C42H47F4N5O7/c1-6-22(3)34(37(53)48-31-16-15-25(58-5)20-27(31)39(55)56)50-40(57)41(18-17-32-28(21-41)26-12-10-13-29(36(26)47-32)42(44,45)46)51-38(54)35(23(4)7-2)49-33(52)19-24-11-8-9-14-30(24)43/h8-16,20,22-23,34-35,47H,6-7,17-19,21H2,1-5H3,(H,48,53)(H,49,52)(H,50,57)(H,51,54)(H,55,56)/t22?,23?,34?,35?,41-/m1/s1. The zero-order chi connectivity index (χ0) is 42.5. The van der Waals surface area contributed by atoms with Gasteiger partial charge in [0.2, 0.25) is 23.6 Å². The van der Waals surface area contributed by atoms with Crippen LogP contribution in [0.4, 0.5) is 23.2 Å². The molecule has 58 heavy (non-hydrogen) atoms. The summed E-state index contributed by atoms with van der Waals surface area (Å²) in [6, 6.07) is 10.9. The first kappa shape index (κ1) is 43.2. The molecule has 1 heterocycles. The molecule has 0 fully saturated rings. The highest BCUT2D eigenvalue weighted by atomic mass is 19.4. The molecule has 1 aliphatic rings. The number of halogens is 4. The summed E-state index contributed by atoms with van der Waals surface area (Å²) in [4.78, 5) is 71.4. The predicted octanol–water partition coefficient (Wildman–Crippen LogP) is 6.32. The number of fused-ring (bicyclic) bond motifs is 3. The molecule has 0 radical (unpaired) electrons. The van der Waals surface area contributed by atoms with Gasteiger partial charge in [-0.25, -0.2) is 9.18 Å². The Morgan fingerprint density at radius 2 is 1.59 bits per heavy atom. The highest BCUT2D eigenvalue weighted by Gasteiger charge is 2.47. The number of aryl methyl sites for hydroxylation is 1. The quantitative estimate of drug-likeness (QED) is 0.0761. The molecular weight excluding hydrogens is 762 g/mol. The van der Waals surface area contributed by atoms with Gasteiger partial charge in [-0.2, -0.15) is 13.2 Å². The van der Waals surface area contributed by atoms with Crippen LogP contribution in [-0.2, 0) is 44.6 Å². The molecule has 4 unspecified atom stereocenters. The average molecular weight is 810 g/mol. The molecular formula is C42H47F4N5O7. The van der Waals surface area contributed by atoms with Crippen LogP contribution in [0, 0.1) is 17.7 Å². The number of aromatic nitrogens is 1. The Bertz CT molecular complexity index is 2210. The highest BCUT2D eigenvalue weighted by molar-refractivity contribution is 6.05. The van der Waals surface area contributed by atoms with Gasteiger partial charge in [-0.1, -0.05) is 70.9 Å². The van der Waals surface area contributed by atoms with Gasteiger partial charge >= 0.3 is 12.1 Å². The van der Waals surface area contributed by atoms with Gasteiger partial charge in [0, 0.05) is 17.5 Å². The molecule has 0 bridgehead atoms. The Balaban J connectivity index is 1.53. The van der Waals surface area contributed by atoms with Crippen molar-refractivity contribution in [2.45, 2.75) is 90.0 Å².